The largest absolute Gasteiger partial charge is 0.469 e. The van der Waals surface area contributed by atoms with Gasteiger partial charge < -0.3 is 10.1 Å². The van der Waals surface area contributed by atoms with Crippen LogP contribution in [0.5, 0.6) is 0 Å². The van der Waals surface area contributed by atoms with Gasteiger partial charge >= 0.3 is 18.3 Å². The van der Waals surface area contributed by atoms with Gasteiger partial charge in [-0.05, 0) is 48.2 Å². The van der Waals surface area contributed by atoms with Crippen LogP contribution in [0.1, 0.15) is 39.4 Å². The van der Waals surface area contributed by atoms with Crippen LogP contribution in [-0.2, 0) is 21.9 Å². The highest BCUT2D eigenvalue weighted by atomic mass is 35.5. The Morgan fingerprint density at radius 2 is 1.71 bits per heavy atom. The van der Waals surface area contributed by atoms with Crippen LogP contribution < -0.4 is 5.32 Å². The monoisotopic (exact) mass is 523 g/mol. The van der Waals surface area contributed by atoms with Crippen molar-refractivity contribution in [1.82, 2.24) is 5.32 Å². The van der Waals surface area contributed by atoms with Crippen LogP contribution in [0.4, 0.5) is 30.7 Å². The SMILES string of the molecule is COC(=O)[C@H](c1ccc(F)cc1Cl)[C@@H]1C=C[C@H](NC(=O)c2ccc(C(F)(F)F)cc2C(F)(F)F)C1. The highest BCUT2D eigenvalue weighted by Crippen LogP contribution is 2.39. The van der Waals surface area contributed by atoms with E-state index in [0.29, 0.717) is 12.1 Å². The van der Waals surface area contributed by atoms with E-state index in [0.717, 1.165) is 19.2 Å². The summed E-state index contributed by atoms with van der Waals surface area (Å²) in [6.45, 7) is 0. The highest BCUT2D eigenvalue weighted by Gasteiger charge is 2.40. The molecule has 1 amide bonds. The van der Waals surface area contributed by atoms with Crippen LogP contribution in [0.15, 0.2) is 48.6 Å². The molecule has 1 aliphatic carbocycles. The minimum Gasteiger partial charge on any atom is -0.469 e. The molecule has 2 aromatic rings. The molecule has 0 aliphatic heterocycles. The quantitative estimate of drug-likeness (QED) is 0.291. The molecule has 12 heteroatoms. The second-order valence-electron chi connectivity index (χ2n) is 7.79. The topological polar surface area (TPSA) is 55.4 Å². The lowest BCUT2D eigenvalue weighted by Crippen LogP contribution is -2.35. The molecule has 35 heavy (non-hydrogen) atoms. The zero-order valence-electron chi connectivity index (χ0n) is 17.8. The maximum Gasteiger partial charge on any atom is 0.417 e. The maximum absolute atomic E-state index is 13.4. The van der Waals surface area contributed by atoms with Crippen molar-refractivity contribution >= 4 is 23.5 Å². The number of hydrogen-bond donors (Lipinski definition) is 1. The average molecular weight is 524 g/mol. The molecule has 0 fully saturated rings. The van der Waals surface area contributed by atoms with E-state index in [4.69, 9.17) is 16.3 Å². The predicted octanol–water partition coefficient (Wildman–Crippen LogP) is 6.15. The number of halogens is 8. The molecular formula is C23H17ClF7NO3. The van der Waals surface area contributed by atoms with E-state index in [1.807, 2.05) is 0 Å². The Bertz CT molecular complexity index is 1160. The first-order valence-corrected chi connectivity index (χ1v) is 10.4. The van der Waals surface area contributed by atoms with Gasteiger partial charge in [0.15, 0.2) is 0 Å². The van der Waals surface area contributed by atoms with Crippen LogP contribution in [0.2, 0.25) is 5.02 Å². The van der Waals surface area contributed by atoms with Crippen LogP contribution in [0, 0.1) is 11.7 Å². The normalized spacial score (nSPS) is 18.9. The van der Waals surface area contributed by atoms with Gasteiger partial charge in [-0.2, -0.15) is 26.3 Å². The lowest BCUT2D eigenvalue weighted by Gasteiger charge is -2.23. The summed E-state index contributed by atoms with van der Waals surface area (Å²) in [5.74, 6) is -4.20. The lowest BCUT2D eigenvalue weighted by atomic mass is 9.85. The van der Waals surface area contributed by atoms with Crippen LogP contribution >= 0.6 is 11.6 Å². The van der Waals surface area contributed by atoms with E-state index < -0.39 is 64.6 Å². The first kappa shape index (κ1) is 26.5. The molecule has 0 bridgehead atoms. The molecule has 0 radical (unpaired) electrons. The predicted molar refractivity (Wildman–Crippen MR) is 111 cm³/mol. The molecule has 1 N–H and O–H groups in total. The van der Waals surface area contributed by atoms with Gasteiger partial charge in [0.05, 0.1) is 29.7 Å². The number of carbonyl (C=O) groups excluding carboxylic acids is 2. The van der Waals surface area contributed by atoms with Crippen LogP contribution in [0.25, 0.3) is 0 Å². The molecular weight excluding hydrogens is 507 g/mol. The van der Waals surface area contributed by atoms with E-state index >= 15 is 0 Å². The van der Waals surface area contributed by atoms with Gasteiger partial charge in [0.2, 0.25) is 0 Å². The van der Waals surface area contributed by atoms with E-state index in [9.17, 15) is 40.3 Å². The molecule has 0 unspecified atom stereocenters. The zero-order valence-corrected chi connectivity index (χ0v) is 18.6. The number of ether oxygens (including phenoxy) is 1. The molecule has 0 heterocycles. The fourth-order valence-electron chi connectivity index (χ4n) is 3.89. The third kappa shape index (κ3) is 5.95. The van der Waals surface area contributed by atoms with E-state index in [2.05, 4.69) is 5.32 Å². The molecule has 3 rings (SSSR count). The fraction of sp³-hybridized carbons (Fsp3) is 0.304. The van der Waals surface area contributed by atoms with Crippen molar-refractivity contribution in [2.75, 3.05) is 7.11 Å². The van der Waals surface area contributed by atoms with E-state index in [1.54, 1.807) is 0 Å². The Morgan fingerprint density at radius 1 is 1.03 bits per heavy atom. The molecule has 188 valence electrons. The minimum atomic E-state index is -5.21. The Labute approximate surface area is 199 Å². The van der Waals surface area contributed by atoms with Crippen molar-refractivity contribution in [1.29, 1.82) is 0 Å². The van der Waals surface area contributed by atoms with Gasteiger partial charge in [-0.3, -0.25) is 9.59 Å². The van der Waals surface area contributed by atoms with Gasteiger partial charge in [-0.1, -0.05) is 29.8 Å². The third-order valence-corrected chi connectivity index (χ3v) is 5.84. The third-order valence-electron chi connectivity index (χ3n) is 5.51. The number of alkyl halides is 6. The minimum absolute atomic E-state index is 0.0409. The Morgan fingerprint density at radius 3 is 2.29 bits per heavy atom. The van der Waals surface area contributed by atoms with Crippen LogP contribution in [0.3, 0.4) is 0 Å². The van der Waals surface area contributed by atoms with Gasteiger partial charge in [0.25, 0.3) is 5.91 Å². The Kier molecular flexibility index (Phi) is 7.49. The number of allylic oxidation sites excluding steroid dienone is 1. The molecule has 4 nitrogen and oxygen atoms in total. The van der Waals surface area contributed by atoms with Gasteiger partial charge in [0.1, 0.15) is 5.82 Å². The number of rotatable bonds is 5. The maximum atomic E-state index is 13.4. The molecule has 2 aromatic carbocycles. The number of methoxy groups -OCH3 is 1. The molecule has 0 aromatic heterocycles. The fourth-order valence-corrected chi connectivity index (χ4v) is 4.18. The second kappa shape index (κ2) is 9.88. The van der Waals surface area contributed by atoms with Crippen molar-refractivity contribution in [3.8, 4) is 0 Å². The number of hydrogen-bond acceptors (Lipinski definition) is 3. The van der Waals surface area contributed by atoms with E-state index in [1.165, 1.54) is 18.2 Å². The van der Waals surface area contributed by atoms with Crippen molar-refractivity contribution < 1.29 is 45.1 Å². The van der Waals surface area contributed by atoms with E-state index in [-0.39, 0.29) is 23.1 Å². The Balaban J connectivity index is 1.83. The summed E-state index contributed by atoms with van der Waals surface area (Å²) in [4.78, 5) is 25.0. The number of amides is 1. The number of nitrogens with one attached hydrogen (secondary N) is 1. The van der Waals surface area contributed by atoms with Crippen molar-refractivity contribution in [2.24, 2.45) is 5.92 Å². The summed E-state index contributed by atoms with van der Waals surface area (Å²) in [7, 11) is 1.13. The first-order chi connectivity index (χ1) is 16.2. The zero-order chi connectivity index (χ0) is 26.1. The molecule has 1 aliphatic rings. The number of carbonyl (C=O) groups is 2. The molecule has 3 atom stereocenters. The summed E-state index contributed by atoms with van der Waals surface area (Å²) in [5, 5.41) is 2.29. The summed E-state index contributed by atoms with van der Waals surface area (Å²) in [6, 6.07) is 3.30. The highest BCUT2D eigenvalue weighted by molar-refractivity contribution is 6.31. The lowest BCUT2D eigenvalue weighted by molar-refractivity contribution is -0.144. The summed E-state index contributed by atoms with van der Waals surface area (Å²) in [5.41, 5.74) is -4.00. The average Bonchev–Trinajstić information content (AvgIpc) is 3.21. The second-order valence-corrected chi connectivity index (χ2v) is 8.19. The van der Waals surface area contributed by atoms with Crippen LogP contribution in [-0.4, -0.2) is 25.0 Å². The summed E-state index contributed by atoms with van der Waals surface area (Å²) < 4.78 is 97.0. The molecule has 0 saturated carbocycles. The van der Waals surface area contributed by atoms with Gasteiger partial charge in [-0.25, -0.2) is 4.39 Å². The first-order valence-electron chi connectivity index (χ1n) is 10.0. The standard InChI is InChI=1S/C23H17ClF7NO3/c1-35-21(34)19(16-7-4-13(25)10-18(16)24)11-2-5-14(8-11)32-20(33)15-6-3-12(22(26,27)28)9-17(15)23(29,30)31/h2-7,9-11,14,19H,8H2,1H3,(H,32,33)/t11-,14+,19+/m1/s1. The van der Waals surface area contributed by atoms with Crippen molar-refractivity contribution in [3.63, 3.8) is 0 Å². The number of benzene rings is 2. The summed E-state index contributed by atoms with van der Waals surface area (Å²) >= 11 is 6.08. The Hall–Kier alpha value is -3.08. The molecule has 0 spiro atoms. The van der Waals surface area contributed by atoms with Crippen molar-refractivity contribution in [3.05, 3.63) is 81.6 Å². The molecule has 0 saturated heterocycles. The number of esters is 1. The smallest absolute Gasteiger partial charge is 0.417 e. The van der Waals surface area contributed by atoms with Crippen molar-refractivity contribution in [2.45, 2.75) is 30.7 Å². The summed E-state index contributed by atoms with van der Waals surface area (Å²) in [6.07, 6.45) is -7.23. The van der Waals surface area contributed by atoms with Gasteiger partial charge in [-0.15, -0.1) is 0 Å². The van der Waals surface area contributed by atoms with Gasteiger partial charge in [0, 0.05) is 11.1 Å².